The molecule has 0 bridgehead atoms. The molecule has 2 aliphatic heterocycles. The second-order valence-corrected chi connectivity index (χ2v) is 21.8. The normalized spacial score (nSPS) is 19.3. The van der Waals surface area contributed by atoms with Crippen LogP contribution in [-0.4, -0.2) is 96.7 Å². The van der Waals surface area contributed by atoms with E-state index in [9.17, 15) is 24.5 Å². The number of carbonyl (C=O) groups is 3. The summed E-state index contributed by atoms with van der Waals surface area (Å²) >= 11 is 1.12. The van der Waals surface area contributed by atoms with Gasteiger partial charge in [-0.2, -0.15) is 0 Å². The van der Waals surface area contributed by atoms with E-state index in [0.717, 1.165) is 17.6 Å². The van der Waals surface area contributed by atoms with Crippen molar-refractivity contribution >= 4 is 61.6 Å². The van der Waals surface area contributed by atoms with E-state index in [2.05, 4.69) is 44.2 Å². The molecule has 2 heterocycles. The Labute approximate surface area is 300 Å². The lowest BCUT2D eigenvalue weighted by atomic mass is 9.81. The number of nitrogens with zero attached hydrogens (tertiary/aromatic N) is 3. The quantitative estimate of drug-likeness (QED) is 0.0470. The SMILES string of the molecule is CCOP(OCC)(OCC)=C(C(=O)OCc1ccc([N+](=O)[O-])cc1)N1C(=O)C(C(C)O[Si](C)(C)C(C)(C)C)C1CC(=O)SC(C)C1=NCCN1. The van der Waals surface area contributed by atoms with E-state index < -0.39 is 50.7 Å². The highest BCUT2D eigenvalue weighted by atomic mass is 32.2. The number of nitrogens with one attached hydrogen (secondary N) is 1. The van der Waals surface area contributed by atoms with Crippen LogP contribution < -0.4 is 5.32 Å². The third kappa shape index (κ3) is 9.84. The fourth-order valence-corrected chi connectivity index (χ4v) is 10.3. The maximum absolute atomic E-state index is 14.4. The molecule has 0 aromatic heterocycles. The van der Waals surface area contributed by atoms with Crippen molar-refractivity contribution in [2.75, 3.05) is 32.9 Å². The Morgan fingerprint density at radius 1 is 1.10 bits per heavy atom. The molecule has 0 spiro atoms. The maximum atomic E-state index is 14.4. The number of likely N-dealkylation sites (tertiary alicyclic amines) is 1. The summed E-state index contributed by atoms with van der Waals surface area (Å²) in [5, 5.41) is 13.8. The molecule has 0 radical (unpaired) electrons. The number of hydrogen-bond donors (Lipinski definition) is 1. The Kier molecular flexibility index (Phi) is 14.9. The Morgan fingerprint density at radius 2 is 1.68 bits per heavy atom. The molecule has 1 N–H and O–H groups in total. The van der Waals surface area contributed by atoms with E-state index in [1.165, 1.54) is 29.2 Å². The van der Waals surface area contributed by atoms with Gasteiger partial charge < -0.3 is 28.1 Å². The van der Waals surface area contributed by atoms with Gasteiger partial charge in [-0.1, -0.05) is 32.5 Å². The lowest BCUT2D eigenvalue weighted by molar-refractivity contribution is -0.384. The first-order chi connectivity index (χ1) is 23.4. The molecule has 17 heteroatoms. The van der Waals surface area contributed by atoms with Crippen LogP contribution in [0.1, 0.15) is 67.4 Å². The van der Waals surface area contributed by atoms with Crippen molar-refractivity contribution in [3.8, 4) is 0 Å². The molecule has 1 saturated heterocycles. The van der Waals surface area contributed by atoms with Gasteiger partial charge in [0.2, 0.25) is 11.3 Å². The first kappa shape index (κ1) is 41.8. The standard InChI is InChI=1S/C33H53N4O10PSSi/c1-11-44-48(45-12-2,46-13-3)31(32(40)43-21-24-14-16-25(17-15-24)37(41)42)36-26(20-27(38)49-23(5)29-34-18-19-35-29)28(30(36)39)22(4)47-50(9,10)33(6,7)8/h14-17,22-23,26,28H,11-13,18-21H2,1-10H3,(H,34,35). The van der Waals surface area contributed by atoms with Gasteiger partial charge in [-0.3, -0.25) is 29.6 Å². The molecule has 1 amide bonds. The smallest absolute Gasteiger partial charge is 0.362 e. The molecular weight excluding hydrogens is 704 g/mol. The van der Waals surface area contributed by atoms with Crippen LogP contribution in [0.2, 0.25) is 18.1 Å². The number of nitro benzene ring substituents is 1. The molecule has 14 nitrogen and oxygen atoms in total. The zero-order valence-corrected chi connectivity index (χ0v) is 33.6. The van der Waals surface area contributed by atoms with E-state index in [1.54, 1.807) is 20.8 Å². The second-order valence-electron chi connectivity index (χ2n) is 13.5. The number of non-ortho nitro benzene ring substituents is 1. The van der Waals surface area contributed by atoms with Crippen molar-refractivity contribution in [2.45, 2.75) is 104 Å². The van der Waals surface area contributed by atoms with Gasteiger partial charge in [0.05, 0.1) is 54.6 Å². The van der Waals surface area contributed by atoms with Crippen molar-refractivity contribution in [1.29, 1.82) is 0 Å². The number of thioether (sulfide) groups is 1. The molecule has 50 heavy (non-hydrogen) atoms. The van der Waals surface area contributed by atoms with Gasteiger partial charge in [-0.05, 0) is 70.4 Å². The van der Waals surface area contributed by atoms with Crippen LogP contribution in [0.25, 0.3) is 0 Å². The average molecular weight is 757 g/mol. The summed E-state index contributed by atoms with van der Waals surface area (Å²) in [6, 6.07) is 4.79. The highest BCUT2D eigenvalue weighted by Gasteiger charge is 2.58. The van der Waals surface area contributed by atoms with Crippen molar-refractivity contribution < 1.29 is 42.0 Å². The fourth-order valence-electron chi connectivity index (χ4n) is 5.51. The summed E-state index contributed by atoms with van der Waals surface area (Å²) in [5.74, 6) is -1.36. The number of ether oxygens (including phenoxy) is 1. The lowest BCUT2D eigenvalue weighted by Gasteiger charge is -2.52. The minimum Gasteiger partial charge on any atom is -0.456 e. The summed E-state index contributed by atoms with van der Waals surface area (Å²) < 4.78 is 30.8. The lowest BCUT2D eigenvalue weighted by Crippen LogP contribution is -2.69. The van der Waals surface area contributed by atoms with Crippen LogP contribution >= 0.6 is 19.3 Å². The molecule has 1 aromatic carbocycles. The van der Waals surface area contributed by atoms with Gasteiger partial charge in [0.25, 0.3) is 13.3 Å². The van der Waals surface area contributed by atoms with Crippen molar-refractivity contribution in [1.82, 2.24) is 10.2 Å². The summed E-state index contributed by atoms with van der Waals surface area (Å²) in [5.41, 5.74) is 0.146. The van der Waals surface area contributed by atoms with E-state index in [0.29, 0.717) is 18.7 Å². The Bertz CT molecular complexity index is 1460. The number of aliphatic imine (C=N–C) groups is 1. The number of amidine groups is 1. The van der Waals surface area contributed by atoms with Crippen LogP contribution in [0, 0.1) is 16.0 Å². The van der Waals surface area contributed by atoms with Gasteiger partial charge in [-0.15, -0.1) is 0 Å². The molecule has 2 aliphatic rings. The Morgan fingerprint density at radius 3 is 2.16 bits per heavy atom. The third-order valence-corrected chi connectivity index (χ3v) is 17.2. The van der Waals surface area contributed by atoms with Crippen molar-refractivity contribution in [2.24, 2.45) is 10.9 Å². The summed E-state index contributed by atoms with van der Waals surface area (Å²) in [6.07, 6.45) is -0.662. The van der Waals surface area contributed by atoms with Crippen LogP contribution in [0.4, 0.5) is 5.69 Å². The van der Waals surface area contributed by atoms with Gasteiger partial charge in [0.15, 0.2) is 13.4 Å². The van der Waals surface area contributed by atoms with E-state index in [4.69, 9.17) is 22.7 Å². The van der Waals surface area contributed by atoms with Crippen LogP contribution in [-0.2, 0) is 43.7 Å². The number of carbonyl (C=O) groups excluding carboxylic acids is 3. The second kappa shape index (κ2) is 17.8. The zero-order chi connectivity index (χ0) is 37.4. The number of hydrogen-bond acceptors (Lipinski definition) is 13. The van der Waals surface area contributed by atoms with Gasteiger partial charge in [0, 0.05) is 25.1 Å². The zero-order valence-electron chi connectivity index (χ0n) is 30.8. The predicted molar refractivity (Wildman–Crippen MR) is 199 cm³/mol. The molecule has 4 atom stereocenters. The molecule has 4 unspecified atom stereocenters. The number of esters is 1. The number of nitro groups is 1. The first-order valence-electron chi connectivity index (χ1n) is 17.0. The highest BCUT2D eigenvalue weighted by molar-refractivity contribution is 8.14. The number of amides is 1. The van der Waals surface area contributed by atoms with E-state index >= 15 is 0 Å². The highest BCUT2D eigenvalue weighted by Crippen LogP contribution is 2.55. The maximum Gasteiger partial charge on any atom is 0.362 e. The molecular formula is C33H53N4O10PSSi. The summed E-state index contributed by atoms with van der Waals surface area (Å²) in [7, 11) is -6.09. The largest absolute Gasteiger partial charge is 0.456 e. The molecule has 1 aromatic rings. The monoisotopic (exact) mass is 756 g/mol. The molecule has 280 valence electrons. The van der Waals surface area contributed by atoms with Gasteiger partial charge in [0.1, 0.15) is 12.4 Å². The minimum atomic E-state index is -3.73. The van der Waals surface area contributed by atoms with E-state index in [1.807, 2.05) is 13.8 Å². The van der Waals surface area contributed by atoms with Crippen LogP contribution in [0.15, 0.2) is 29.3 Å². The fraction of sp³-hybridized carbons (Fsp3) is 0.667. The van der Waals surface area contributed by atoms with Crippen LogP contribution in [0.5, 0.6) is 0 Å². The van der Waals surface area contributed by atoms with Crippen molar-refractivity contribution in [3.63, 3.8) is 0 Å². The first-order valence-corrected chi connectivity index (χ1v) is 22.3. The number of β-lactam (4-membered cyclic amide) rings is 1. The molecule has 0 saturated carbocycles. The average Bonchev–Trinajstić information content (AvgIpc) is 3.57. The number of benzene rings is 1. The molecule has 1 fully saturated rings. The van der Waals surface area contributed by atoms with Gasteiger partial charge in [-0.25, -0.2) is 4.79 Å². The van der Waals surface area contributed by atoms with Crippen LogP contribution in [0.3, 0.4) is 0 Å². The third-order valence-electron chi connectivity index (χ3n) is 8.91. The molecule has 0 aliphatic carbocycles. The minimum absolute atomic E-state index is 0.0899. The predicted octanol–water partition coefficient (Wildman–Crippen LogP) is 5.92. The Balaban J connectivity index is 2.10. The van der Waals surface area contributed by atoms with Gasteiger partial charge >= 0.3 is 5.97 Å². The van der Waals surface area contributed by atoms with E-state index in [-0.39, 0.29) is 59.4 Å². The summed E-state index contributed by atoms with van der Waals surface area (Å²) in [6.45, 7) is 20.8. The summed E-state index contributed by atoms with van der Waals surface area (Å²) in [4.78, 5) is 58.7. The Hall–Kier alpha value is -2.59. The van der Waals surface area contributed by atoms with Crippen molar-refractivity contribution in [3.05, 3.63) is 39.9 Å². The number of rotatable bonds is 18. The topological polar surface area (TPSA) is 168 Å². The molecule has 3 rings (SSSR count).